The lowest BCUT2D eigenvalue weighted by Crippen LogP contribution is -2.52. The fourth-order valence-electron chi connectivity index (χ4n) is 3.94. The number of carbonyl (C=O) groups excluding carboxylic acids is 2. The van der Waals surface area contributed by atoms with Crippen LogP contribution in [0.5, 0.6) is 0 Å². The minimum Gasteiger partial charge on any atom is -0.350 e. The van der Waals surface area contributed by atoms with Gasteiger partial charge in [-0.05, 0) is 17.2 Å². The van der Waals surface area contributed by atoms with Gasteiger partial charge in [0, 0.05) is 38.9 Å². The molecule has 1 N–H and O–H groups in total. The second kappa shape index (κ2) is 10.2. The van der Waals surface area contributed by atoms with Gasteiger partial charge in [-0.15, -0.1) is 0 Å². The molecule has 1 atom stereocenters. The summed E-state index contributed by atoms with van der Waals surface area (Å²) in [5.74, 6) is -0.857. The Labute approximate surface area is 186 Å². The summed E-state index contributed by atoms with van der Waals surface area (Å²) in [5.41, 5.74) is 2.18. The van der Waals surface area contributed by atoms with Crippen LogP contribution in [-0.2, 0) is 11.3 Å². The molecular weight excluding hydrogens is 407 g/mol. The fourth-order valence-corrected chi connectivity index (χ4v) is 3.94. The quantitative estimate of drug-likeness (QED) is 0.650. The van der Waals surface area contributed by atoms with E-state index >= 15 is 0 Å². The van der Waals surface area contributed by atoms with Crippen LogP contribution < -0.4 is 5.32 Å². The minimum atomic E-state index is -0.534. The fraction of sp³-hybridized carbons (Fsp3) is 0.240. The number of nitrogens with zero attached hydrogens (tertiary/aromatic N) is 3. The van der Waals surface area contributed by atoms with E-state index in [1.54, 1.807) is 4.90 Å². The highest BCUT2D eigenvalue weighted by Crippen LogP contribution is 2.23. The molecule has 1 aromatic heterocycles. The van der Waals surface area contributed by atoms with E-state index in [0.29, 0.717) is 32.7 Å². The van der Waals surface area contributed by atoms with Gasteiger partial charge < -0.3 is 10.2 Å². The highest BCUT2D eigenvalue weighted by Gasteiger charge is 2.31. The monoisotopic (exact) mass is 432 g/mol. The first-order chi connectivity index (χ1) is 15.6. The Bertz CT molecular complexity index is 1050. The highest BCUT2D eigenvalue weighted by molar-refractivity contribution is 5.94. The van der Waals surface area contributed by atoms with Crippen LogP contribution in [0.15, 0.2) is 79.1 Å². The zero-order chi connectivity index (χ0) is 22.3. The predicted molar refractivity (Wildman–Crippen MR) is 119 cm³/mol. The third kappa shape index (κ3) is 5.18. The molecule has 0 spiro atoms. The summed E-state index contributed by atoms with van der Waals surface area (Å²) >= 11 is 0. The van der Waals surface area contributed by atoms with Gasteiger partial charge in [-0.2, -0.15) is 0 Å². The van der Waals surface area contributed by atoms with Crippen LogP contribution >= 0.6 is 0 Å². The average molecular weight is 432 g/mol. The van der Waals surface area contributed by atoms with Crippen LogP contribution in [0.25, 0.3) is 0 Å². The van der Waals surface area contributed by atoms with Crippen molar-refractivity contribution in [3.63, 3.8) is 0 Å². The molecule has 2 amide bonds. The van der Waals surface area contributed by atoms with Crippen LogP contribution in [0.3, 0.4) is 0 Å². The smallest absolute Gasteiger partial charge is 0.255 e. The van der Waals surface area contributed by atoms with Gasteiger partial charge in [0.25, 0.3) is 5.91 Å². The average Bonchev–Trinajstić information content (AvgIpc) is 2.84. The number of aromatic nitrogens is 1. The van der Waals surface area contributed by atoms with E-state index < -0.39 is 11.9 Å². The van der Waals surface area contributed by atoms with E-state index in [2.05, 4.69) is 15.2 Å². The Morgan fingerprint density at radius 1 is 0.938 bits per heavy atom. The Morgan fingerprint density at radius 3 is 2.25 bits per heavy atom. The van der Waals surface area contributed by atoms with Gasteiger partial charge in [-0.25, -0.2) is 4.39 Å². The van der Waals surface area contributed by atoms with Gasteiger partial charge in [0.15, 0.2) is 0 Å². The van der Waals surface area contributed by atoms with Crippen LogP contribution in [0.1, 0.15) is 27.5 Å². The number of piperazine rings is 1. The molecule has 4 rings (SSSR count). The van der Waals surface area contributed by atoms with E-state index in [0.717, 1.165) is 17.3 Å². The molecule has 0 bridgehead atoms. The molecule has 3 aromatic rings. The first kappa shape index (κ1) is 21.6. The number of nitrogens with one attached hydrogen (secondary N) is 1. The van der Waals surface area contributed by atoms with Crippen molar-refractivity contribution in [1.82, 2.24) is 20.1 Å². The van der Waals surface area contributed by atoms with Crippen molar-refractivity contribution in [2.75, 3.05) is 26.2 Å². The lowest BCUT2D eigenvalue weighted by Gasteiger charge is -2.38. The number of carbonyl (C=O) groups is 2. The molecule has 0 unspecified atom stereocenters. The number of hydrogen-bond acceptors (Lipinski definition) is 4. The Hall–Kier alpha value is -3.58. The van der Waals surface area contributed by atoms with Crippen molar-refractivity contribution in [3.8, 4) is 0 Å². The number of amides is 2. The molecule has 0 radical (unpaired) electrons. The maximum Gasteiger partial charge on any atom is 0.255 e. The molecule has 1 saturated heterocycles. The second-order valence-electron chi connectivity index (χ2n) is 7.74. The number of benzene rings is 2. The molecule has 2 aromatic carbocycles. The van der Waals surface area contributed by atoms with Crippen molar-refractivity contribution in [1.29, 1.82) is 0 Å². The van der Waals surface area contributed by atoms with Crippen molar-refractivity contribution >= 4 is 11.8 Å². The molecule has 0 saturated carbocycles. The van der Waals surface area contributed by atoms with E-state index in [9.17, 15) is 14.0 Å². The van der Waals surface area contributed by atoms with Crippen molar-refractivity contribution in [3.05, 3.63) is 102 Å². The van der Waals surface area contributed by atoms with E-state index in [4.69, 9.17) is 0 Å². The number of rotatable bonds is 6. The topological polar surface area (TPSA) is 65.5 Å². The number of pyridine rings is 1. The molecule has 7 heteroatoms. The Morgan fingerprint density at radius 2 is 1.59 bits per heavy atom. The van der Waals surface area contributed by atoms with Crippen LogP contribution in [-0.4, -0.2) is 52.8 Å². The predicted octanol–water partition coefficient (Wildman–Crippen LogP) is 3.04. The van der Waals surface area contributed by atoms with Crippen LogP contribution in [0, 0.1) is 5.82 Å². The molecule has 2 heterocycles. The largest absolute Gasteiger partial charge is 0.350 e. The normalized spacial score (nSPS) is 15.2. The standard InChI is InChI=1S/C25H25FN4O2/c26-22-15-21(17-27-18-22)25(32)30-13-11-29(12-14-30)23(20-9-5-2-6-10-20)24(31)28-16-19-7-3-1-4-8-19/h1-10,15,17-18,23H,11-14,16H2,(H,28,31)/t23-/m0/s1. The first-order valence-electron chi connectivity index (χ1n) is 10.6. The molecule has 164 valence electrons. The van der Waals surface area contributed by atoms with E-state index in [-0.39, 0.29) is 17.4 Å². The summed E-state index contributed by atoms with van der Waals surface area (Å²) in [6.45, 7) is 2.42. The summed E-state index contributed by atoms with van der Waals surface area (Å²) in [4.78, 5) is 33.5. The van der Waals surface area contributed by atoms with Crippen LogP contribution in [0.2, 0.25) is 0 Å². The summed E-state index contributed by atoms with van der Waals surface area (Å²) in [5, 5.41) is 3.05. The van der Waals surface area contributed by atoms with Gasteiger partial charge in [0.1, 0.15) is 11.9 Å². The van der Waals surface area contributed by atoms with Crippen molar-refractivity contribution in [2.45, 2.75) is 12.6 Å². The third-order valence-electron chi connectivity index (χ3n) is 5.59. The molecule has 32 heavy (non-hydrogen) atoms. The zero-order valence-electron chi connectivity index (χ0n) is 17.7. The lowest BCUT2D eigenvalue weighted by molar-refractivity contribution is -0.127. The zero-order valence-corrected chi connectivity index (χ0v) is 17.7. The summed E-state index contributed by atoms with van der Waals surface area (Å²) in [6.07, 6.45) is 2.45. The minimum absolute atomic E-state index is 0.0749. The molecular formula is C25H25FN4O2. The molecule has 1 aliphatic heterocycles. The molecule has 0 aliphatic carbocycles. The van der Waals surface area contributed by atoms with Gasteiger partial charge in [-0.3, -0.25) is 19.5 Å². The summed E-state index contributed by atoms with van der Waals surface area (Å²) < 4.78 is 13.4. The number of hydrogen-bond donors (Lipinski definition) is 1. The second-order valence-corrected chi connectivity index (χ2v) is 7.74. The van der Waals surface area contributed by atoms with Gasteiger partial charge in [-0.1, -0.05) is 60.7 Å². The van der Waals surface area contributed by atoms with Crippen LogP contribution in [0.4, 0.5) is 4.39 Å². The van der Waals surface area contributed by atoms with Crippen molar-refractivity contribution < 1.29 is 14.0 Å². The third-order valence-corrected chi connectivity index (χ3v) is 5.59. The Kier molecular flexibility index (Phi) is 6.87. The molecule has 1 aliphatic rings. The SMILES string of the molecule is O=C(NCc1ccccc1)[C@H](c1ccccc1)N1CCN(C(=O)c2cncc(F)c2)CC1. The molecule has 1 fully saturated rings. The van der Waals surface area contributed by atoms with Gasteiger partial charge >= 0.3 is 0 Å². The highest BCUT2D eigenvalue weighted by atomic mass is 19.1. The molecule has 6 nitrogen and oxygen atoms in total. The van der Waals surface area contributed by atoms with Gasteiger partial charge in [0.2, 0.25) is 5.91 Å². The van der Waals surface area contributed by atoms with E-state index in [1.807, 2.05) is 60.7 Å². The Balaban J connectivity index is 1.44. The van der Waals surface area contributed by atoms with Gasteiger partial charge in [0.05, 0.1) is 11.8 Å². The first-order valence-corrected chi connectivity index (χ1v) is 10.6. The maximum absolute atomic E-state index is 13.4. The van der Waals surface area contributed by atoms with E-state index in [1.165, 1.54) is 12.3 Å². The maximum atomic E-state index is 13.4. The van der Waals surface area contributed by atoms with Crippen molar-refractivity contribution in [2.24, 2.45) is 0 Å². The summed E-state index contributed by atoms with van der Waals surface area (Å²) in [7, 11) is 0. The summed E-state index contributed by atoms with van der Waals surface area (Å²) in [6, 6.07) is 20.2. The number of halogens is 1. The lowest BCUT2D eigenvalue weighted by atomic mass is 10.0.